The second-order valence-electron chi connectivity index (χ2n) is 6.12. The smallest absolute Gasteiger partial charge is 0.154 e. The molecule has 1 aliphatic rings. The van der Waals surface area contributed by atoms with Crippen LogP contribution in [0.5, 0.6) is 0 Å². The molecule has 0 aromatic carbocycles. The van der Waals surface area contributed by atoms with E-state index in [1.54, 1.807) is 7.11 Å². The molecule has 1 rings (SSSR count). The van der Waals surface area contributed by atoms with Crippen molar-refractivity contribution < 1.29 is 24.2 Å². The van der Waals surface area contributed by atoms with Crippen LogP contribution in [0.15, 0.2) is 0 Å². The molecule has 1 aliphatic heterocycles. The van der Waals surface area contributed by atoms with E-state index in [1.807, 2.05) is 0 Å². The summed E-state index contributed by atoms with van der Waals surface area (Å²) in [6, 6.07) is 0. The van der Waals surface area contributed by atoms with E-state index in [4.69, 9.17) is 9.47 Å². The third-order valence-corrected chi connectivity index (χ3v) is 4.19. The zero-order valence-electron chi connectivity index (χ0n) is 13.9. The van der Waals surface area contributed by atoms with E-state index in [0.29, 0.717) is 51.6 Å². The molecule has 1 saturated heterocycles. The van der Waals surface area contributed by atoms with Crippen LogP contribution >= 0.6 is 0 Å². The molecule has 0 bridgehead atoms. The summed E-state index contributed by atoms with van der Waals surface area (Å²) < 4.78 is 10.5. The molecule has 1 N–H and O–H groups in total. The number of methoxy groups -OCH3 is 1. The summed E-state index contributed by atoms with van der Waals surface area (Å²) in [5.74, 6) is 0.0305. The molecule has 3 unspecified atom stereocenters. The van der Waals surface area contributed by atoms with Gasteiger partial charge < -0.3 is 14.6 Å². The fourth-order valence-corrected chi connectivity index (χ4v) is 2.91. The van der Waals surface area contributed by atoms with Crippen LogP contribution in [0.3, 0.4) is 0 Å². The summed E-state index contributed by atoms with van der Waals surface area (Å²) in [5.41, 5.74) is 0. The summed E-state index contributed by atoms with van der Waals surface area (Å²) in [6.45, 7) is 2.47. The number of Topliss-reactive ketones (excluding diaryl/α,β-unsaturated/α-hetero) is 2. The first-order valence-electron chi connectivity index (χ1n) is 8.43. The van der Waals surface area contributed by atoms with Gasteiger partial charge in [-0.25, -0.2) is 0 Å². The lowest BCUT2D eigenvalue weighted by molar-refractivity contribution is -0.149. The van der Waals surface area contributed by atoms with Crippen LogP contribution in [-0.4, -0.2) is 42.8 Å². The minimum Gasteiger partial charge on any atom is -0.384 e. The average Bonchev–Trinajstić information content (AvgIpc) is 2.49. The van der Waals surface area contributed by atoms with E-state index in [1.165, 1.54) is 0 Å². The molecule has 0 amide bonds. The van der Waals surface area contributed by atoms with Gasteiger partial charge in [-0.2, -0.15) is 0 Å². The van der Waals surface area contributed by atoms with Crippen LogP contribution in [0, 0.1) is 5.92 Å². The Morgan fingerprint density at radius 2 is 2.14 bits per heavy atom. The predicted molar refractivity (Wildman–Crippen MR) is 83.5 cm³/mol. The molecular weight excluding hydrogens is 284 g/mol. The zero-order chi connectivity index (χ0) is 16.4. The quantitative estimate of drug-likeness (QED) is 0.782. The SMILES string of the molecule is CCCC1CCC(=O)C(CC(=O)CCOC)CCCC(O)O1. The number of carbonyl (C=O) groups excluding carboxylic acids is 2. The van der Waals surface area contributed by atoms with Crippen LogP contribution in [0.4, 0.5) is 0 Å². The van der Waals surface area contributed by atoms with E-state index in [2.05, 4.69) is 6.92 Å². The van der Waals surface area contributed by atoms with Gasteiger partial charge in [-0.15, -0.1) is 0 Å². The summed E-state index contributed by atoms with van der Waals surface area (Å²) in [7, 11) is 1.57. The van der Waals surface area contributed by atoms with Crippen molar-refractivity contribution >= 4 is 11.6 Å². The maximum Gasteiger partial charge on any atom is 0.154 e. The molecule has 0 aliphatic carbocycles. The van der Waals surface area contributed by atoms with E-state index >= 15 is 0 Å². The molecule has 0 aromatic heterocycles. The van der Waals surface area contributed by atoms with Crippen LogP contribution < -0.4 is 0 Å². The normalized spacial score (nSPS) is 27.6. The van der Waals surface area contributed by atoms with Gasteiger partial charge in [-0.05, 0) is 32.1 Å². The molecule has 5 heteroatoms. The number of rotatable bonds is 7. The highest BCUT2D eigenvalue weighted by Gasteiger charge is 2.25. The summed E-state index contributed by atoms with van der Waals surface area (Å²) >= 11 is 0. The maximum atomic E-state index is 12.4. The molecule has 1 heterocycles. The van der Waals surface area contributed by atoms with Crippen molar-refractivity contribution in [2.45, 2.75) is 77.1 Å². The second kappa shape index (κ2) is 10.9. The lowest BCUT2D eigenvalue weighted by Crippen LogP contribution is -2.27. The molecule has 0 aromatic rings. The van der Waals surface area contributed by atoms with Crippen molar-refractivity contribution in [3.8, 4) is 0 Å². The third-order valence-electron chi connectivity index (χ3n) is 4.19. The van der Waals surface area contributed by atoms with Gasteiger partial charge in [0.1, 0.15) is 11.6 Å². The molecular formula is C17H30O5. The molecule has 1 fully saturated rings. The fraction of sp³-hybridized carbons (Fsp3) is 0.882. The van der Waals surface area contributed by atoms with E-state index in [-0.39, 0.29) is 23.6 Å². The van der Waals surface area contributed by atoms with Crippen molar-refractivity contribution in [3.05, 3.63) is 0 Å². The molecule has 0 spiro atoms. The number of ether oxygens (including phenoxy) is 2. The molecule has 22 heavy (non-hydrogen) atoms. The molecule has 128 valence electrons. The number of hydrogen-bond acceptors (Lipinski definition) is 5. The number of aliphatic hydroxyl groups is 1. The standard InChI is InChI=1S/C17H30O5/c1-3-5-15-8-9-16(19)13(6-4-7-17(20)22-15)12-14(18)10-11-21-2/h13,15,17,20H,3-12H2,1-2H3. The maximum absolute atomic E-state index is 12.4. The van der Waals surface area contributed by atoms with Crippen LogP contribution in [0.1, 0.15) is 64.7 Å². The average molecular weight is 314 g/mol. The van der Waals surface area contributed by atoms with Gasteiger partial charge in [0, 0.05) is 32.3 Å². The van der Waals surface area contributed by atoms with Crippen molar-refractivity contribution in [2.24, 2.45) is 5.92 Å². The van der Waals surface area contributed by atoms with Crippen molar-refractivity contribution in [2.75, 3.05) is 13.7 Å². The van der Waals surface area contributed by atoms with E-state index < -0.39 is 6.29 Å². The van der Waals surface area contributed by atoms with Gasteiger partial charge in [0.2, 0.25) is 0 Å². The number of carbonyl (C=O) groups is 2. The monoisotopic (exact) mass is 314 g/mol. The van der Waals surface area contributed by atoms with Gasteiger partial charge in [0.15, 0.2) is 6.29 Å². The van der Waals surface area contributed by atoms with Gasteiger partial charge in [-0.1, -0.05) is 13.3 Å². The van der Waals surface area contributed by atoms with Crippen molar-refractivity contribution in [1.82, 2.24) is 0 Å². The Labute approximate surface area is 133 Å². The second-order valence-corrected chi connectivity index (χ2v) is 6.12. The first kappa shape index (κ1) is 19.3. The first-order valence-corrected chi connectivity index (χ1v) is 8.43. The molecule has 0 radical (unpaired) electrons. The highest BCUT2D eigenvalue weighted by Crippen LogP contribution is 2.23. The third kappa shape index (κ3) is 7.47. The topological polar surface area (TPSA) is 72.8 Å². The first-order chi connectivity index (χ1) is 10.6. The number of aliphatic hydroxyl groups excluding tert-OH is 1. The molecule has 3 atom stereocenters. The lowest BCUT2D eigenvalue weighted by atomic mass is 9.88. The van der Waals surface area contributed by atoms with E-state index in [0.717, 1.165) is 12.8 Å². The van der Waals surface area contributed by atoms with Gasteiger partial charge >= 0.3 is 0 Å². The Kier molecular flexibility index (Phi) is 9.52. The highest BCUT2D eigenvalue weighted by atomic mass is 16.6. The number of hydrogen-bond donors (Lipinski definition) is 1. The summed E-state index contributed by atoms with van der Waals surface area (Å²) in [4.78, 5) is 24.3. The molecule has 0 saturated carbocycles. The predicted octanol–water partition coefficient (Wildman–Crippen LogP) is 2.64. The van der Waals surface area contributed by atoms with Crippen molar-refractivity contribution in [3.63, 3.8) is 0 Å². The minimum atomic E-state index is -0.755. The Morgan fingerprint density at radius 3 is 2.82 bits per heavy atom. The Hall–Kier alpha value is -0.780. The highest BCUT2D eigenvalue weighted by molar-refractivity contribution is 5.88. The summed E-state index contributed by atoms with van der Waals surface area (Å²) in [6.07, 6.45) is 4.60. The Bertz CT molecular complexity index is 342. The number of ketones is 2. The Morgan fingerprint density at radius 1 is 1.36 bits per heavy atom. The van der Waals surface area contributed by atoms with E-state index in [9.17, 15) is 14.7 Å². The van der Waals surface area contributed by atoms with Crippen molar-refractivity contribution in [1.29, 1.82) is 0 Å². The largest absolute Gasteiger partial charge is 0.384 e. The minimum absolute atomic E-state index is 0.0631. The van der Waals surface area contributed by atoms with Gasteiger partial charge in [0.05, 0.1) is 12.7 Å². The summed E-state index contributed by atoms with van der Waals surface area (Å²) in [5, 5.41) is 9.89. The van der Waals surface area contributed by atoms with Gasteiger partial charge in [-0.3, -0.25) is 9.59 Å². The van der Waals surface area contributed by atoms with Gasteiger partial charge in [0.25, 0.3) is 0 Å². The Balaban J connectivity index is 2.58. The zero-order valence-corrected chi connectivity index (χ0v) is 13.9. The lowest BCUT2D eigenvalue weighted by Gasteiger charge is -2.25. The molecule has 5 nitrogen and oxygen atoms in total. The van der Waals surface area contributed by atoms with Crippen LogP contribution in [0.2, 0.25) is 0 Å². The van der Waals surface area contributed by atoms with Crippen LogP contribution in [0.25, 0.3) is 0 Å². The fourth-order valence-electron chi connectivity index (χ4n) is 2.91. The van der Waals surface area contributed by atoms with Crippen LogP contribution in [-0.2, 0) is 19.1 Å².